The normalized spacial score (nSPS) is 10.3. The van der Waals surface area contributed by atoms with Crippen LogP contribution in [-0.2, 0) is 0 Å². The predicted octanol–water partition coefficient (Wildman–Crippen LogP) is 2.26. The fourth-order valence-corrected chi connectivity index (χ4v) is 2.16. The number of carbonyl (C=O) groups excluding carboxylic acids is 1. The lowest BCUT2D eigenvalue weighted by molar-refractivity contribution is 0.249. The highest BCUT2D eigenvalue weighted by Gasteiger charge is 2.11. The van der Waals surface area contributed by atoms with E-state index in [4.69, 9.17) is 15.2 Å². The van der Waals surface area contributed by atoms with Crippen molar-refractivity contribution in [3.63, 3.8) is 0 Å². The minimum atomic E-state index is -0.716. The molecule has 0 aromatic heterocycles. The van der Waals surface area contributed by atoms with Gasteiger partial charge in [0.05, 0.1) is 16.4 Å². The average Bonchev–Trinajstić information content (AvgIpc) is 2.38. The van der Waals surface area contributed by atoms with Gasteiger partial charge in [-0.15, -0.1) is 0 Å². The number of halogens is 1. The zero-order valence-corrected chi connectivity index (χ0v) is 13.2. The minimum Gasteiger partial charge on any atom is -0.490 e. The van der Waals surface area contributed by atoms with Crippen LogP contribution in [0.4, 0.5) is 4.79 Å². The van der Waals surface area contributed by atoms with Crippen molar-refractivity contribution in [2.24, 2.45) is 10.8 Å². The molecule has 20 heavy (non-hydrogen) atoms. The molecule has 2 amide bonds. The van der Waals surface area contributed by atoms with E-state index in [1.807, 2.05) is 13.0 Å². The molecule has 0 bridgehead atoms. The van der Waals surface area contributed by atoms with Crippen molar-refractivity contribution in [2.45, 2.75) is 6.92 Å². The molecule has 6 nitrogen and oxygen atoms in total. The first-order valence-corrected chi connectivity index (χ1v) is 6.94. The molecular weight excluding hydrogens is 373 g/mol. The van der Waals surface area contributed by atoms with Gasteiger partial charge in [0.15, 0.2) is 11.5 Å². The van der Waals surface area contributed by atoms with Gasteiger partial charge in [-0.3, -0.25) is 0 Å². The Balaban J connectivity index is 3.02. The maximum Gasteiger partial charge on any atom is 0.332 e. The number of hydrazone groups is 1. The molecular formula is C13H16IN3O3. The molecule has 0 saturated carbocycles. The van der Waals surface area contributed by atoms with Crippen LogP contribution in [-0.4, -0.2) is 25.5 Å². The zero-order chi connectivity index (χ0) is 15.0. The van der Waals surface area contributed by atoms with Gasteiger partial charge >= 0.3 is 6.03 Å². The number of hydrogen-bond donors (Lipinski definition) is 2. The number of nitrogens with zero attached hydrogens (tertiary/aromatic N) is 1. The van der Waals surface area contributed by atoms with Crippen molar-refractivity contribution in [3.8, 4) is 11.5 Å². The zero-order valence-electron chi connectivity index (χ0n) is 11.1. The lowest BCUT2D eigenvalue weighted by Crippen LogP contribution is -2.24. The summed E-state index contributed by atoms with van der Waals surface area (Å²) in [5.41, 5.74) is 7.82. The Morgan fingerprint density at radius 2 is 2.30 bits per heavy atom. The standard InChI is InChI=1S/C13H16IN3O3/c1-3-5-20-12-10(14)6-9(7-11(12)19-4-2)8-16-17-13(15)18/h3,6-8H,1,4-5H2,2H3,(H3,15,17,18). The Morgan fingerprint density at radius 3 is 2.90 bits per heavy atom. The summed E-state index contributed by atoms with van der Waals surface area (Å²) >= 11 is 2.14. The van der Waals surface area contributed by atoms with E-state index in [2.05, 4.69) is 39.7 Å². The smallest absolute Gasteiger partial charge is 0.332 e. The Kier molecular flexibility index (Phi) is 6.85. The maximum absolute atomic E-state index is 10.5. The molecule has 3 N–H and O–H groups in total. The van der Waals surface area contributed by atoms with Crippen LogP contribution in [0.25, 0.3) is 0 Å². The molecule has 108 valence electrons. The fourth-order valence-electron chi connectivity index (χ4n) is 1.38. The molecule has 1 aromatic carbocycles. The van der Waals surface area contributed by atoms with Crippen molar-refractivity contribution in [2.75, 3.05) is 13.2 Å². The summed E-state index contributed by atoms with van der Waals surface area (Å²) in [5, 5.41) is 3.71. The van der Waals surface area contributed by atoms with E-state index in [0.717, 1.165) is 9.13 Å². The first-order chi connectivity index (χ1) is 9.58. The van der Waals surface area contributed by atoms with Crippen LogP contribution in [0.3, 0.4) is 0 Å². The van der Waals surface area contributed by atoms with Gasteiger partial charge < -0.3 is 15.2 Å². The quantitative estimate of drug-likeness (QED) is 0.325. The predicted molar refractivity (Wildman–Crippen MR) is 86.3 cm³/mol. The molecule has 0 unspecified atom stereocenters. The van der Waals surface area contributed by atoms with E-state index in [1.54, 1.807) is 12.1 Å². The SMILES string of the molecule is C=CCOc1c(I)cc(C=NNC(N)=O)cc1OCC. The van der Waals surface area contributed by atoms with Crippen molar-refractivity contribution in [1.29, 1.82) is 0 Å². The molecule has 0 aliphatic carbocycles. The van der Waals surface area contributed by atoms with E-state index in [0.29, 0.717) is 24.7 Å². The molecule has 0 saturated heterocycles. The molecule has 0 heterocycles. The Bertz CT molecular complexity index is 518. The van der Waals surface area contributed by atoms with Crippen LogP contribution in [0.5, 0.6) is 11.5 Å². The van der Waals surface area contributed by atoms with Crippen LogP contribution >= 0.6 is 22.6 Å². The maximum atomic E-state index is 10.5. The summed E-state index contributed by atoms with van der Waals surface area (Å²) in [6, 6.07) is 2.91. The third kappa shape index (κ3) is 5.08. The lowest BCUT2D eigenvalue weighted by atomic mass is 10.2. The Morgan fingerprint density at radius 1 is 1.55 bits per heavy atom. The van der Waals surface area contributed by atoms with Crippen molar-refractivity contribution in [1.82, 2.24) is 5.43 Å². The summed E-state index contributed by atoms with van der Waals surface area (Å²) in [6.07, 6.45) is 3.14. The van der Waals surface area contributed by atoms with Gasteiger partial charge in [-0.1, -0.05) is 12.7 Å². The Labute approximate surface area is 131 Å². The highest BCUT2D eigenvalue weighted by atomic mass is 127. The van der Waals surface area contributed by atoms with E-state index in [-0.39, 0.29) is 0 Å². The number of benzene rings is 1. The molecule has 1 rings (SSSR count). The van der Waals surface area contributed by atoms with Gasteiger partial charge in [0.1, 0.15) is 6.61 Å². The molecule has 0 aliphatic rings. The monoisotopic (exact) mass is 389 g/mol. The number of primary amides is 1. The summed E-state index contributed by atoms with van der Waals surface area (Å²) in [6.45, 7) is 6.41. The lowest BCUT2D eigenvalue weighted by Gasteiger charge is -2.13. The average molecular weight is 389 g/mol. The highest BCUT2D eigenvalue weighted by molar-refractivity contribution is 14.1. The molecule has 0 atom stereocenters. The van der Waals surface area contributed by atoms with Crippen LogP contribution in [0.1, 0.15) is 12.5 Å². The van der Waals surface area contributed by atoms with Gasteiger partial charge in [0.2, 0.25) is 0 Å². The largest absolute Gasteiger partial charge is 0.490 e. The number of carbonyl (C=O) groups is 1. The van der Waals surface area contributed by atoms with Gasteiger partial charge in [-0.2, -0.15) is 5.10 Å². The van der Waals surface area contributed by atoms with Crippen LogP contribution < -0.4 is 20.6 Å². The molecule has 0 aliphatic heterocycles. The number of nitrogens with two attached hydrogens (primary N) is 1. The van der Waals surface area contributed by atoms with E-state index in [1.165, 1.54) is 6.21 Å². The van der Waals surface area contributed by atoms with Crippen molar-refractivity contribution >= 4 is 34.8 Å². The molecule has 7 heteroatoms. The van der Waals surface area contributed by atoms with Crippen LogP contribution in [0.15, 0.2) is 29.9 Å². The third-order valence-electron chi connectivity index (χ3n) is 2.07. The number of urea groups is 1. The fraction of sp³-hybridized carbons (Fsp3) is 0.231. The highest BCUT2D eigenvalue weighted by Crippen LogP contribution is 2.33. The number of ether oxygens (including phenoxy) is 2. The first kappa shape index (κ1) is 16.3. The summed E-state index contributed by atoms with van der Waals surface area (Å²) in [7, 11) is 0. The Hall–Kier alpha value is -1.77. The number of amides is 2. The topological polar surface area (TPSA) is 85.9 Å². The van der Waals surface area contributed by atoms with Crippen molar-refractivity contribution < 1.29 is 14.3 Å². The summed E-state index contributed by atoms with van der Waals surface area (Å²) < 4.78 is 12.0. The van der Waals surface area contributed by atoms with Gasteiger partial charge in [0.25, 0.3) is 0 Å². The molecule has 0 radical (unpaired) electrons. The van der Waals surface area contributed by atoms with Gasteiger partial charge in [-0.05, 0) is 47.2 Å². The second kappa shape index (κ2) is 8.41. The number of rotatable bonds is 7. The van der Waals surface area contributed by atoms with Crippen LogP contribution in [0, 0.1) is 3.57 Å². The van der Waals surface area contributed by atoms with E-state index >= 15 is 0 Å². The summed E-state index contributed by atoms with van der Waals surface area (Å²) in [5.74, 6) is 1.27. The molecule has 0 spiro atoms. The molecule has 1 aromatic rings. The third-order valence-corrected chi connectivity index (χ3v) is 2.87. The second-order valence-corrected chi connectivity index (χ2v) is 4.76. The number of hydrogen-bond acceptors (Lipinski definition) is 4. The second-order valence-electron chi connectivity index (χ2n) is 3.60. The van der Waals surface area contributed by atoms with Gasteiger partial charge in [0, 0.05) is 0 Å². The van der Waals surface area contributed by atoms with Crippen LogP contribution in [0.2, 0.25) is 0 Å². The van der Waals surface area contributed by atoms with Crippen molar-refractivity contribution in [3.05, 3.63) is 33.9 Å². The number of nitrogens with one attached hydrogen (secondary N) is 1. The molecule has 0 fully saturated rings. The first-order valence-electron chi connectivity index (χ1n) is 5.87. The minimum absolute atomic E-state index is 0.396. The van der Waals surface area contributed by atoms with E-state index < -0.39 is 6.03 Å². The summed E-state index contributed by atoms with van der Waals surface area (Å²) in [4.78, 5) is 10.5. The van der Waals surface area contributed by atoms with E-state index in [9.17, 15) is 4.79 Å². The van der Waals surface area contributed by atoms with Gasteiger partial charge in [-0.25, -0.2) is 10.2 Å².